The number of alkyl halides is 2. The Hall–Kier alpha value is 0.660. The molecule has 1 rings (SSSR count). The molecule has 0 nitrogen and oxygen atoms in total. The van der Waals surface area contributed by atoms with E-state index in [0.717, 1.165) is 17.1 Å². The van der Waals surface area contributed by atoms with Crippen LogP contribution in [0.1, 0.15) is 17.5 Å². The van der Waals surface area contributed by atoms with E-state index in [9.17, 15) is 0 Å². The molecule has 0 saturated heterocycles. The summed E-state index contributed by atoms with van der Waals surface area (Å²) >= 11 is 10.4. The molecule has 0 atom stereocenters. The van der Waals surface area contributed by atoms with E-state index in [1.165, 1.54) is 22.0 Å². The first kappa shape index (κ1) is 11.7. The Balaban J connectivity index is 2.81. The maximum atomic E-state index is 3.50. The van der Waals surface area contributed by atoms with Crippen molar-refractivity contribution in [3.8, 4) is 0 Å². The van der Waals surface area contributed by atoms with Gasteiger partial charge in [0.2, 0.25) is 0 Å². The Morgan fingerprint density at radius 1 is 1.08 bits per heavy atom. The van der Waals surface area contributed by atoms with Crippen molar-refractivity contribution in [2.45, 2.75) is 18.2 Å². The maximum Gasteiger partial charge on any atom is 0.0285 e. The van der Waals surface area contributed by atoms with Gasteiger partial charge in [0, 0.05) is 15.1 Å². The second-order valence-corrected chi connectivity index (χ2v) is 5.11. The summed E-state index contributed by atoms with van der Waals surface area (Å²) in [6, 6.07) is 6.47. The molecule has 1 aromatic carbocycles. The lowest BCUT2D eigenvalue weighted by Gasteiger charge is -2.06. The average Bonchev–Trinajstić information content (AvgIpc) is 2.15. The lowest BCUT2D eigenvalue weighted by atomic mass is 10.1. The van der Waals surface area contributed by atoms with Gasteiger partial charge >= 0.3 is 0 Å². The van der Waals surface area contributed by atoms with Gasteiger partial charge in [-0.1, -0.05) is 53.9 Å². The second kappa shape index (κ2) is 6.20. The third-order valence-electron chi connectivity index (χ3n) is 1.89. The summed E-state index contributed by atoms with van der Waals surface area (Å²) in [5.74, 6) is 0. The van der Waals surface area contributed by atoms with Crippen molar-refractivity contribution in [2.75, 3.05) is 5.33 Å². The fourth-order valence-corrected chi connectivity index (χ4v) is 2.45. The average molecular weight is 371 g/mol. The highest BCUT2D eigenvalue weighted by molar-refractivity contribution is 9.10. The molecule has 0 bridgehead atoms. The fourth-order valence-electron chi connectivity index (χ4n) is 1.21. The third-order valence-corrected chi connectivity index (χ3v) is 3.55. The SMILES string of the molecule is BrCCCc1cc(Br)ccc1CBr. The number of benzene rings is 1. The van der Waals surface area contributed by atoms with Gasteiger partial charge in [-0.05, 0) is 36.1 Å². The Labute approximate surface area is 104 Å². The normalized spacial score (nSPS) is 10.4. The first-order valence-electron chi connectivity index (χ1n) is 4.17. The maximum absolute atomic E-state index is 3.50. The van der Waals surface area contributed by atoms with E-state index in [0.29, 0.717) is 0 Å². The van der Waals surface area contributed by atoms with E-state index >= 15 is 0 Å². The van der Waals surface area contributed by atoms with E-state index in [1.54, 1.807) is 0 Å². The lowest BCUT2D eigenvalue weighted by Crippen LogP contribution is -1.92. The van der Waals surface area contributed by atoms with Crippen LogP contribution in [0, 0.1) is 0 Å². The molecule has 3 heteroatoms. The van der Waals surface area contributed by atoms with E-state index in [1.807, 2.05) is 0 Å². The Morgan fingerprint density at radius 3 is 2.46 bits per heavy atom. The lowest BCUT2D eigenvalue weighted by molar-refractivity contribution is 0.927. The number of aryl methyl sites for hydroxylation is 1. The van der Waals surface area contributed by atoms with Crippen LogP contribution in [-0.2, 0) is 11.8 Å². The van der Waals surface area contributed by atoms with Gasteiger partial charge in [-0.2, -0.15) is 0 Å². The topological polar surface area (TPSA) is 0 Å². The van der Waals surface area contributed by atoms with Crippen molar-refractivity contribution in [2.24, 2.45) is 0 Å². The van der Waals surface area contributed by atoms with Crippen LogP contribution in [0.2, 0.25) is 0 Å². The first-order valence-corrected chi connectivity index (χ1v) is 7.20. The van der Waals surface area contributed by atoms with Gasteiger partial charge in [0.1, 0.15) is 0 Å². The molecule has 1 aromatic rings. The predicted octanol–water partition coefficient (Wildman–Crippen LogP) is 4.67. The first-order chi connectivity index (χ1) is 6.27. The molecule has 0 aliphatic rings. The minimum atomic E-state index is 0.942. The quantitative estimate of drug-likeness (QED) is 0.675. The van der Waals surface area contributed by atoms with Crippen LogP contribution in [0.3, 0.4) is 0 Å². The largest absolute Gasteiger partial charge is 0.0928 e. The molecule has 0 saturated carbocycles. The minimum absolute atomic E-state index is 0.942. The summed E-state index contributed by atoms with van der Waals surface area (Å²) in [5.41, 5.74) is 2.83. The number of rotatable bonds is 4. The summed E-state index contributed by atoms with van der Waals surface area (Å²) in [7, 11) is 0. The molecular weight excluding hydrogens is 360 g/mol. The highest BCUT2D eigenvalue weighted by atomic mass is 79.9. The number of halogens is 3. The molecule has 0 radical (unpaired) electrons. The zero-order valence-electron chi connectivity index (χ0n) is 7.19. The monoisotopic (exact) mass is 368 g/mol. The summed E-state index contributed by atoms with van der Waals surface area (Å²) in [6.45, 7) is 0. The third kappa shape index (κ3) is 3.72. The van der Waals surface area contributed by atoms with Crippen LogP contribution >= 0.6 is 47.8 Å². The van der Waals surface area contributed by atoms with Crippen molar-refractivity contribution in [3.63, 3.8) is 0 Å². The molecule has 0 heterocycles. The number of hydrogen-bond donors (Lipinski definition) is 0. The van der Waals surface area contributed by atoms with Gasteiger partial charge in [0.15, 0.2) is 0 Å². The summed E-state index contributed by atoms with van der Waals surface area (Å²) < 4.78 is 1.17. The highest BCUT2D eigenvalue weighted by Crippen LogP contribution is 2.20. The van der Waals surface area contributed by atoms with Crippen molar-refractivity contribution in [1.29, 1.82) is 0 Å². The molecule has 0 spiro atoms. The van der Waals surface area contributed by atoms with Gasteiger partial charge in [0.05, 0.1) is 0 Å². The number of hydrogen-bond acceptors (Lipinski definition) is 0. The van der Waals surface area contributed by atoms with E-state index in [-0.39, 0.29) is 0 Å². The predicted molar refractivity (Wildman–Crippen MR) is 68.9 cm³/mol. The Kier molecular flexibility index (Phi) is 5.60. The molecular formula is C10H11Br3. The zero-order chi connectivity index (χ0) is 9.68. The van der Waals surface area contributed by atoms with Crippen molar-refractivity contribution >= 4 is 47.8 Å². The fraction of sp³-hybridized carbons (Fsp3) is 0.400. The van der Waals surface area contributed by atoms with Crippen LogP contribution in [0.4, 0.5) is 0 Å². The standard InChI is InChI=1S/C10H11Br3/c11-5-1-2-8-6-10(13)4-3-9(8)7-12/h3-4,6H,1-2,5,7H2. The van der Waals surface area contributed by atoms with E-state index < -0.39 is 0 Å². The molecule has 13 heavy (non-hydrogen) atoms. The van der Waals surface area contributed by atoms with Crippen LogP contribution in [-0.4, -0.2) is 5.33 Å². The molecule has 0 N–H and O–H groups in total. The van der Waals surface area contributed by atoms with Crippen molar-refractivity contribution in [1.82, 2.24) is 0 Å². The van der Waals surface area contributed by atoms with Crippen LogP contribution in [0.25, 0.3) is 0 Å². The molecule has 72 valence electrons. The van der Waals surface area contributed by atoms with Crippen molar-refractivity contribution in [3.05, 3.63) is 33.8 Å². The minimum Gasteiger partial charge on any atom is -0.0928 e. The summed E-state index contributed by atoms with van der Waals surface area (Å²) in [4.78, 5) is 0. The Bertz CT molecular complexity index is 271. The van der Waals surface area contributed by atoms with Gasteiger partial charge < -0.3 is 0 Å². The van der Waals surface area contributed by atoms with Crippen LogP contribution < -0.4 is 0 Å². The smallest absolute Gasteiger partial charge is 0.0285 e. The molecule has 0 fully saturated rings. The second-order valence-electron chi connectivity index (χ2n) is 2.84. The Morgan fingerprint density at radius 2 is 1.85 bits per heavy atom. The van der Waals surface area contributed by atoms with Crippen LogP contribution in [0.15, 0.2) is 22.7 Å². The van der Waals surface area contributed by atoms with E-state index in [4.69, 9.17) is 0 Å². The van der Waals surface area contributed by atoms with Crippen LogP contribution in [0.5, 0.6) is 0 Å². The van der Waals surface area contributed by atoms with Gasteiger partial charge in [-0.25, -0.2) is 0 Å². The van der Waals surface area contributed by atoms with Crippen molar-refractivity contribution < 1.29 is 0 Å². The molecule has 0 aliphatic carbocycles. The summed E-state index contributed by atoms with van der Waals surface area (Å²) in [5, 5.41) is 2.01. The zero-order valence-corrected chi connectivity index (χ0v) is 12.0. The van der Waals surface area contributed by atoms with Gasteiger partial charge in [-0.3, -0.25) is 0 Å². The molecule has 0 unspecified atom stereocenters. The molecule has 0 aromatic heterocycles. The van der Waals surface area contributed by atoms with Gasteiger partial charge in [0.25, 0.3) is 0 Å². The van der Waals surface area contributed by atoms with Gasteiger partial charge in [-0.15, -0.1) is 0 Å². The molecule has 0 amide bonds. The van der Waals surface area contributed by atoms with E-state index in [2.05, 4.69) is 66.0 Å². The highest BCUT2D eigenvalue weighted by Gasteiger charge is 2.01. The molecule has 0 aliphatic heterocycles. The summed E-state index contributed by atoms with van der Waals surface area (Å²) in [6.07, 6.45) is 2.34.